The molecule has 1 heterocycles. The van der Waals surface area contributed by atoms with Gasteiger partial charge in [-0.2, -0.15) is 26.3 Å². The highest BCUT2D eigenvalue weighted by atomic mass is 32.1. The Morgan fingerprint density at radius 3 is 1.96 bits per heavy atom. The van der Waals surface area contributed by atoms with Crippen LogP contribution in [0.5, 0.6) is 0 Å². The third-order valence-electron chi connectivity index (χ3n) is 4.15. The maximum Gasteiger partial charge on any atom is 0.416 e. The number of aryl methyl sites for hydroxylation is 2. The van der Waals surface area contributed by atoms with Crippen LogP contribution in [-0.2, 0) is 12.4 Å². The Balaban J connectivity index is 1.93. The van der Waals surface area contributed by atoms with Crippen LogP contribution in [0.4, 0.5) is 37.2 Å². The third kappa shape index (κ3) is 4.46. The van der Waals surface area contributed by atoms with Crippen LogP contribution >= 0.6 is 11.3 Å². The third-order valence-corrected chi connectivity index (χ3v) is 4.90. The molecule has 0 saturated heterocycles. The molecular formula is C19H14F6N2S. The fourth-order valence-corrected chi connectivity index (χ4v) is 3.25. The molecule has 0 aliphatic heterocycles. The normalized spacial score (nSPS) is 12.3. The lowest BCUT2D eigenvalue weighted by molar-refractivity contribution is -0.143. The Labute approximate surface area is 160 Å². The Hall–Kier alpha value is -2.55. The summed E-state index contributed by atoms with van der Waals surface area (Å²) in [6.45, 7) is 3.89. The number of nitrogens with zero attached hydrogens (tertiary/aromatic N) is 1. The Kier molecular flexibility index (Phi) is 5.14. The molecule has 3 rings (SSSR count). The van der Waals surface area contributed by atoms with Gasteiger partial charge < -0.3 is 5.32 Å². The summed E-state index contributed by atoms with van der Waals surface area (Å²) in [6, 6.07) is 7.04. The van der Waals surface area contributed by atoms with E-state index in [1.54, 1.807) is 5.38 Å². The molecule has 0 spiro atoms. The van der Waals surface area contributed by atoms with Gasteiger partial charge in [-0.05, 0) is 49.2 Å². The van der Waals surface area contributed by atoms with Crippen molar-refractivity contribution in [3.05, 3.63) is 64.0 Å². The van der Waals surface area contributed by atoms with Crippen molar-refractivity contribution in [1.29, 1.82) is 0 Å². The van der Waals surface area contributed by atoms with Crippen LogP contribution < -0.4 is 5.32 Å². The van der Waals surface area contributed by atoms with E-state index in [1.165, 1.54) is 0 Å². The molecule has 2 nitrogen and oxygen atoms in total. The largest absolute Gasteiger partial charge is 0.416 e. The summed E-state index contributed by atoms with van der Waals surface area (Å²) >= 11 is 1.09. The summed E-state index contributed by atoms with van der Waals surface area (Å²) in [4.78, 5) is 4.28. The zero-order valence-corrected chi connectivity index (χ0v) is 15.5. The van der Waals surface area contributed by atoms with Gasteiger partial charge in [-0.3, -0.25) is 0 Å². The zero-order valence-electron chi connectivity index (χ0n) is 14.7. The highest BCUT2D eigenvalue weighted by molar-refractivity contribution is 7.14. The van der Waals surface area contributed by atoms with E-state index >= 15 is 0 Å². The minimum Gasteiger partial charge on any atom is -0.332 e. The van der Waals surface area contributed by atoms with E-state index in [1.807, 2.05) is 32.0 Å². The van der Waals surface area contributed by atoms with E-state index in [0.29, 0.717) is 17.8 Å². The van der Waals surface area contributed by atoms with Gasteiger partial charge in [0, 0.05) is 16.6 Å². The highest BCUT2D eigenvalue weighted by Crippen LogP contribution is 2.38. The summed E-state index contributed by atoms with van der Waals surface area (Å²) in [7, 11) is 0. The number of aromatic nitrogens is 1. The molecule has 2 aromatic carbocycles. The number of thiazole rings is 1. The topological polar surface area (TPSA) is 24.9 Å². The second-order valence-electron chi connectivity index (χ2n) is 6.26. The monoisotopic (exact) mass is 416 g/mol. The number of rotatable bonds is 3. The van der Waals surface area contributed by atoms with Crippen LogP contribution in [0.3, 0.4) is 0 Å². The van der Waals surface area contributed by atoms with E-state index in [2.05, 4.69) is 10.3 Å². The molecule has 0 aliphatic carbocycles. The molecular weight excluding hydrogens is 402 g/mol. The summed E-state index contributed by atoms with van der Waals surface area (Å²) in [5, 5.41) is 4.43. The van der Waals surface area contributed by atoms with Crippen molar-refractivity contribution in [3.8, 4) is 11.3 Å². The first kappa shape index (κ1) is 20.2. The van der Waals surface area contributed by atoms with Crippen molar-refractivity contribution in [2.24, 2.45) is 0 Å². The van der Waals surface area contributed by atoms with Gasteiger partial charge in [0.1, 0.15) is 0 Å². The average Bonchev–Trinajstić information content (AvgIpc) is 3.04. The van der Waals surface area contributed by atoms with Crippen molar-refractivity contribution < 1.29 is 26.3 Å². The van der Waals surface area contributed by atoms with Gasteiger partial charge in [-0.25, -0.2) is 4.98 Å². The van der Waals surface area contributed by atoms with Crippen molar-refractivity contribution in [3.63, 3.8) is 0 Å². The van der Waals surface area contributed by atoms with Gasteiger partial charge in [0.15, 0.2) is 5.13 Å². The van der Waals surface area contributed by atoms with Gasteiger partial charge in [-0.1, -0.05) is 12.1 Å². The van der Waals surface area contributed by atoms with Crippen LogP contribution in [0.25, 0.3) is 11.3 Å². The number of nitrogens with one attached hydrogen (secondary N) is 1. The van der Waals surface area contributed by atoms with E-state index < -0.39 is 23.5 Å². The predicted molar refractivity (Wildman–Crippen MR) is 96.8 cm³/mol. The molecule has 0 aliphatic rings. The van der Waals surface area contributed by atoms with Crippen LogP contribution in [0.15, 0.2) is 41.8 Å². The number of anilines is 2. The lowest BCUT2D eigenvalue weighted by Crippen LogP contribution is -2.11. The first-order valence-electron chi connectivity index (χ1n) is 8.03. The van der Waals surface area contributed by atoms with Gasteiger partial charge in [0.05, 0.1) is 16.8 Å². The molecule has 0 atom stereocenters. The van der Waals surface area contributed by atoms with Crippen molar-refractivity contribution in [2.45, 2.75) is 26.2 Å². The first-order valence-corrected chi connectivity index (χ1v) is 8.91. The summed E-state index contributed by atoms with van der Waals surface area (Å²) in [5.74, 6) is 0. The summed E-state index contributed by atoms with van der Waals surface area (Å²) in [6.07, 6.45) is -9.80. The average molecular weight is 416 g/mol. The Morgan fingerprint density at radius 1 is 0.821 bits per heavy atom. The smallest absolute Gasteiger partial charge is 0.332 e. The van der Waals surface area contributed by atoms with Crippen LogP contribution in [0.1, 0.15) is 22.3 Å². The molecule has 3 aromatic rings. The van der Waals surface area contributed by atoms with Crippen LogP contribution in [0, 0.1) is 13.8 Å². The fourth-order valence-electron chi connectivity index (χ4n) is 2.52. The molecule has 0 saturated carbocycles. The Morgan fingerprint density at radius 2 is 1.43 bits per heavy atom. The summed E-state index contributed by atoms with van der Waals surface area (Å²) in [5.41, 5.74) is 0.453. The highest BCUT2D eigenvalue weighted by Gasteiger charge is 2.37. The molecule has 28 heavy (non-hydrogen) atoms. The first-order chi connectivity index (χ1) is 12.9. The van der Waals surface area contributed by atoms with Gasteiger partial charge >= 0.3 is 12.4 Å². The molecule has 0 fully saturated rings. The van der Waals surface area contributed by atoms with Gasteiger partial charge in [-0.15, -0.1) is 11.3 Å². The molecule has 0 unspecified atom stereocenters. The SMILES string of the molecule is Cc1ccc(-c2csc(Nc3cc(C(F)(F)F)cc(C(F)(F)F)c3)n2)cc1C. The lowest BCUT2D eigenvalue weighted by Gasteiger charge is -2.14. The maximum atomic E-state index is 13.0. The van der Waals surface area contributed by atoms with E-state index in [4.69, 9.17) is 0 Å². The number of halogens is 6. The number of benzene rings is 2. The standard InChI is InChI=1S/C19H14F6N2S/c1-10-3-4-12(5-11(10)2)16-9-28-17(27-16)26-15-7-13(18(20,21)22)6-14(8-15)19(23,24)25/h3-9H,1-2H3,(H,26,27). The number of hydrogen-bond acceptors (Lipinski definition) is 3. The molecule has 0 bridgehead atoms. The van der Waals surface area contributed by atoms with Gasteiger partial charge in [0.2, 0.25) is 0 Å². The predicted octanol–water partition coefficient (Wildman–Crippen LogP) is 7.21. The van der Waals surface area contributed by atoms with E-state index in [0.717, 1.165) is 28.0 Å². The molecule has 9 heteroatoms. The van der Waals surface area contributed by atoms with Crippen LogP contribution in [-0.4, -0.2) is 4.98 Å². The van der Waals surface area contributed by atoms with Crippen LogP contribution in [0.2, 0.25) is 0 Å². The quantitative estimate of drug-likeness (QED) is 0.457. The number of alkyl halides is 6. The molecule has 1 aromatic heterocycles. The van der Waals surface area contributed by atoms with Gasteiger partial charge in [0.25, 0.3) is 0 Å². The molecule has 0 amide bonds. The summed E-state index contributed by atoms with van der Waals surface area (Å²) < 4.78 is 77.8. The van der Waals surface area contributed by atoms with Crippen molar-refractivity contribution in [1.82, 2.24) is 4.98 Å². The van der Waals surface area contributed by atoms with E-state index in [9.17, 15) is 26.3 Å². The van der Waals surface area contributed by atoms with E-state index in [-0.39, 0.29) is 16.9 Å². The Bertz CT molecular complexity index is 972. The number of hydrogen-bond donors (Lipinski definition) is 1. The maximum absolute atomic E-state index is 13.0. The molecule has 1 N–H and O–H groups in total. The van der Waals surface area contributed by atoms with Crippen molar-refractivity contribution >= 4 is 22.2 Å². The zero-order chi connectivity index (χ0) is 20.7. The minimum absolute atomic E-state index is 0.0908. The fraction of sp³-hybridized carbons (Fsp3) is 0.211. The second-order valence-corrected chi connectivity index (χ2v) is 7.11. The lowest BCUT2D eigenvalue weighted by atomic mass is 10.1. The van der Waals surface area contributed by atoms with Crippen molar-refractivity contribution in [2.75, 3.05) is 5.32 Å². The molecule has 148 valence electrons. The second kappa shape index (κ2) is 7.12. The minimum atomic E-state index is -4.90. The molecule has 0 radical (unpaired) electrons.